The number of piperidine rings is 1. The molecular weight excluding hydrogens is 418 g/mol. The molecule has 1 fully saturated rings. The van der Waals surface area contributed by atoms with Gasteiger partial charge in [0.15, 0.2) is 0 Å². The fourth-order valence-corrected chi connectivity index (χ4v) is 4.75. The van der Waals surface area contributed by atoms with Gasteiger partial charge < -0.3 is 14.6 Å². The van der Waals surface area contributed by atoms with Gasteiger partial charge in [0, 0.05) is 19.6 Å². The van der Waals surface area contributed by atoms with Gasteiger partial charge in [-0.3, -0.25) is 14.2 Å². The van der Waals surface area contributed by atoms with Gasteiger partial charge in [0.25, 0.3) is 5.56 Å². The zero-order valence-electron chi connectivity index (χ0n) is 19.5. The normalized spacial score (nSPS) is 19.0. The van der Waals surface area contributed by atoms with Gasteiger partial charge in [-0.15, -0.1) is 0 Å². The van der Waals surface area contributed by atoms with Gasteiger partial charge in [0.05, 0.1) is 23.4 Å². The van der Waals surface area contributed by atoms with Crippen LogP contribution >= 0.6 is 0 Å². The molecule has 0 aliphatic carbocycles. The third kappa shape index (κ3) is 4.78. The van der Waals surface area contributed by atoms with Crippen molar-refractivity contribution in [3.8, 4) is 0 Å². The molecule has 1 aromatic heterocycles. The van der Waals surface area contributed by atoms with Crippen LogP contribution < -0.4 is 11.2 Å². The van der Waals surface area contributed by atoms with Crippen LogP contribution in [0.2, 0.25) is 0 Å². The maximum Gasteiger partial charge on any atom is 0.328 e. The molecule has 7 nitrogen and oxygen atoms in total. The predicted molar refractivity (Wildman–Crippen MR) is 129 cm³/mol. The van der Waals surface area contributed by atoms with Crippen molar-refractivity contribution in [3.05, 3.63) is 80.0 Å². The summed E-state index contributed by atoms with van der Waals surface area (Å²) in [6, 6.07) is 13.4. The molecule has 1 aliphatic rings. The summed E-state index contributed by atoms with van der Waals surface area (Å²) in [7, 11) is 0. The number of likely N-dealkylation sites (tertiary alicyclic amines) is 1. The number of aromatic nitrogens is 2. The van der Waals surface area contributed by atoms with Crippen LogP contribution in [0, 0.1) is 19.8 Å². The van der Waals surface area contributed by atoms with Crippen LogP contribution in [-0.2, 0) is 16.1 Å². The van der Waals surface area contributed by atoms with Gasteiger partial charge in [-0.2, -0.15) is 0 Å². The Morgan fingerprint density at radius 3 is 2.64 bits per heavy atom. The van der Waals surface area contributed by atoms with E-state index in [1.165, 1.54) is 15.7 Å². The number of nitrogens with zero attached hydrogens (tertiary/aromatic N) is 2. The molecule has 7 heteroatoms. The van der Waals surface area contributed by atoms with Crippen LogP contribution in [0.3, 0.4) is 0 Å². The molecule has 1 aliphatic heterocycles. The number of aromatic amines is 1. The SMILES string of the molecule is CCOC(=O)[C@H]1CN(CCn2c(=O)[nH]c3ccccc3c2=O)CC[C@H]1c1ccc(C)c(C)c1. The van der Waals surface area contributed by atoms with Crippen LogP contribution in [0.4, 0.5) is 0 Å². The molecule has 0 radical (unpaired) electrons. The molecule has 33 heavy (non-hydrogen) atoms. The lowest BCUT2D eigenvalue weighted by Crippen LogP contribution is -2.46. The number of hydrogen-bond acceptors (Lipinski definition) is 5. The molecule has 0 bridgehead atoms. The molecule has 2 heterocycles. The number of fused-ring (bicyclic) bond motifs is 1. The van der Waals surface area contributed by atoms with Gasteiger partial charge in [-0.25, -0.2) is 4.79 Å². The van der Waals surface area contributed by atoms with Gasteiger partial charge in [-0.05, 0) is 68.5 Å². The average molecular weight is 450 g/mol. The quantitative estimate of drug-likeness (QED) is 0.585. The fourth-order valence-electron chi connectivity index (χ4n) is 4.75. The number of carbonyl (C=O) groups excluding carboxylic acids is 1. The number of aryl methyl sites for hydroxylation is 2. The largest absolute Gasteiger partial charge is 0.466 e. The minimum absolute atomic E-state index is 0.0893. The van der Waals surface area contributed by atoms with Gasteiger partial charge in [0.1, 0.15) is 0 Å². The summed E-state index contributed by atoms with van der Waals surface area (Å²) < 4.78 is 6.66. The Morgan fingerprint density at radius 1 is 1.09 bits per heavy atom. The van der Waals surface area contributed by atoms with Gasteiger partial charge >= 0.3 is 11.7 Å². The van der Waals surface area contributed by atoms with E-state index in [1.54, 1.807) is 24.3 Å². The summed E-state index contributed by atoms with van der Waals surface area (Å²) in [4.78, 5) is 43.1. The van der Waals surface area contributed by atoms with Crippen LogP contribution in [-0.4, -0.2) is 46.7 Å². The first-order valence-electron chi connectivity index (χ1n) is 11.6. The Bertz CT molecular complexity index is 1280. The number of ether oxygens (including phenoxy) is 1. The molecule has 0 unspecified atom stereocenters. The molecule has 2 aromatic carbocycles. The maximum absolute atomic E-state index is 12.8. The van der Waals surface area contributed by atoms with E-state index in [1.807, 2.05) is 6.92 Å². The standard InChI is InChI=1S/C26H31N3O4/c1-4-33-25(31)22-16-28(12-11-20(22)19-10-9-17(2)18(3)15-19)13-14-29-24(30)21-7-5-6-8-23(21)27-26(29)32/h5-10,15,20,22H,4,11-14,16H2,1-3H3,(H,27,32)/t20-,22-/m0/s1. The summed E-state index contributed by atoms with van der Waals surface area (Å²) >= 11 is 0. The molecule has 0 spiro atoms. The molecule has 1 N–H and O–H groups in total. The zero-order valence-corrected chi connectivity index (χ0v) is 19.5. The fraction of sp³-hybridized carbons (Fsp3) is 0.423. The first-order valence-corrected chi connectivity index (χ1v) is 11.6. The van der Waals surface area contributed by atoms with Crippen LogP contribution in [0.25, 0.3) is 10.9 Å². The van der Waals surface area contributed by atoms with E-state index >= 15 is 0 Å². The maximum atomic E-state index is 12.8. The zero-order chi connectivity index (χ0) is 23.5. The number of carbonyl (C=O) groups is 1. The van der Waals surface area contributed by atoms with Crippen molar-refractivity contribution in [1.29, 1.82) is 0 Å². The first-order chi connectivity index (χ1) is 15.9. The molecule has 4 rings (SSSR count). The highest BCUT2D eigenvalue weighted by Crippen LogP contribution is 2.34. The summed E-state index contributed by atoms with van der Waals surface area (Å²) in [5.74, 6) is -0.384. The smallest absolute Gasteiger partial charge is 0.328 e. The average Bonchev–Trinajstić information content (AvgIpc) is 2.81. The van der Waals surface area contributed by atoms with Crippen LogP contribution in [0.15, 0.2) is 52.1 Å². The highest BCUT2D eigenvalue weighted by Gasteiger charge is 2.36. The number of rotatable bonds is 6. The Labute approximate surface area is 193 Å². The lowest BCUT2D eigenvalue weighted by molar-refractivity contribution is -0.150. The molecule has 2 atom stereocenters. The lowest BCUT2D eigenvalue weighted by atomic mass is 9.79. The Balaban J connectivity index is 1.53. The van der Waals surface area contributed by atoms with Gasteiger partial charge in [0.2, 0.25) is 0 Å². The Kier molecular flexibility index (Phi) is 6.79. The Hall–Kier alpha value is -3.19. The first kappa shape index (κ1) is 23.0. The second-order valence-corrected chi connectivity index (χ2v) is 8.83. The number of esters is 1. The number of H-pyrrole nitrogens is 1. The van der Waals surface area contributed by atoms with Crippen molar-refractivity contribution >= 4 is 16.9 Å². The summed E-state index contributed by atoms with van der Waals surface area (Å²) in [6.45, 7) is 8.44. The molecule has 174 valence electrons. The van der Waals surface area contributed by atoms with Crippen molar-refractivity contribution in [2.24, 2.45) is 5.92 Å². The minimum Gasteiger partial charge on any atom is -0.466 e. The van der Waals surface area contributed by atoms with Crippen molar-refractivity contribution in [2.45, 2.75) is 39.7 Å². The van der Waals surface area contributed by atoms with E-state index in [2.05, 4.69) is 41.9 Å². The molecule has 1 saturated heterocycles. The third-order valence-electron chi connectivity index (χ3n) is 6.77. The number of nitrogens with one attached hydrogen (secondary N) is 1. The van der Waals surface area contributed by atoms with Crippen molar-refractivity contribution in [1.82, 2.24) is 14.5 Å². The minimum atomic E-state index is -0.411. The molecule has 3 aromatic rings. The Morgan fingerprint density at radius 2 is 1.88 bits per heavy atom. The monoisotopic (exact) mass is 449 g/mol. The highest BCUT2D eigenvalue weighted by molar-refractivity contribution is 5.77. The lowest BCUT2D eigenvalue weighted by Gasteiger charge is -2.37. The van der Waals surface area contributed by atoms with E-state index in [-0.39, 0.29) is 29.9 Å². The van der Waals surface area contributed by atoms with Crippen molar-refractivity contribution < 1.29 is 9.53 Å². The van der Waals surface area contributed by atoms with Crippen molar-refractivity contribution in [3.63, 3.8) is 0 Å². The third-order valence-corrected chi connectivity index (χ3v) is 6.77. The van der Waals surface area contributed by atoms with E-state index in [0.717, 1.165) is 18.5 Å². The van der Waals surface area contributed by atoms with E-state index < -0.39 is 5.69 Å². The second-order valence-electron chi connectivity index (χ2n) is 8.83. The summed E-state index contributed by atoms with van der Waals surface area (Å²) in [5, 5.41) is 0.495. The van der Waals surface area contributed by atoms with E-state index in [9.17, 15) is 14.4 Å². The van der Waals surface area contributed by atoms with Crippen molar-refractivity contribution in [2.75, 3.05) is 26.2 Å². The number of hydrogen-bond donors (Lipinski definition) is 1. The number of para-hydroxylation sites is 1. The highest BCUT2D eigenvalue weighted by atomic mass is 16.5. The second kappa shape index (κ2) is 9.75. The number of benzene rings is 2. The molecule has 0 amide bonds. The molecule has 0 saturated carbocycles. The predicted octanol–water partition coefficient (Wildman–Crippen LogP) is 2.98. The van der Waals surface area contributed by atoms with E-state index in [4.69, 9.17) is 4.74 Å². The molecular formula is C26H31N3O4. The summed E-state index contributed by atoms with van der Waals surface area (Å²) in [5.41, 5.74) is 3.45. The van der Waals surface area contributed by atoms with Crippen LogP contribution in [0.5, 0.6) is 0 Å². The summed E-state index contributed by atoms with van der Waals surface area (Å²) in [6.07, 6.45) is 0.814. The van der Waals surface area contributed by atoms with Gasteiger partial charge in [-0.1, -0.05) is 30.3 Å². The topological polar surface area (TPSA) is 84.4 Å². The van der Waals surface area contributed by atoms with Crippen LogP contribution in [0.1, 0.15) is 36.0 Å². The van der Waals surface area contributed by atoms with E-state index in [0.29, 0.717) is 30.6 Å².